The largest absolute Gasteiger partial charge is 0.493 e. The van der Waals surface area contributed by atoms with Gasteiger partial charge in [0.25, 0.3) is 0 Å². The van der Waals surface area contributed by atoms with Gasteiger partial charge >= 0.3 is 0 Å². The third-order valence-corrected chi connectivity index (χ3v) is 3.71. The van der Waals surface area contributed by atoms with Crippen molar-refractivity contribution in [3.8, 4) is 5.75 Å². The molecule has 1 aliphatic heterocycles. The van der Waals surface area contributed by atoms with Crippen LogP contribution in [0.2, 0.25) is 0 Å². The number of nitrogens with one attached hydrogen (secondary N) is 1. The van der Waals surface area contributed by atoms with Gasteiger partial charge in [0.2, 0.25) is 0 Å². The molecule has 3 rings (SSSR count). The van der Waals surface area contributed by atoms with Gasteiger partial charge in [-0.15, -0.1) is 0 Å². The minimum Gasteiger partial charge on any atom is -0.493 e. The van der Waals surface area contributed by atoms with E-state index >= 15 is 0 Å². The highest BCUT2D eigenvalue weighted by atomic mass is 79.9. The summed E-state index contributed by atoms with van der Waals surface area (Å²) in [5, 5.41) is 3.17. The Morgan fingerprint density at radius 1 is 1.10 bits per heavy atom. The fraction of sp³-hybridized carbons (Fsp3) is 0.200. The average molecular weight is 340 g/mol. The topological polar surface area (TPSA) is 21.3 Å². The Hall–Kier alpha value is -1.62. The quantitative estimate of drug-likeness (QED) is 0.858. The highest BCUT2D eigenvalue weighted by molar-refractivity contribution is 9.10. The summed E-state index contributed by atoms with van der Waals surface area (Å²) in [7, 11) is 0. The van der Waals surface area contributed by atoms with Gasteiger partial charge in [-0.1, -0.05) is 15.9 Å². The van der Waals surface area contributed by atoms with Crippen LogP contribution in [0, 0.1) is 11.6 Å². The molecule has 2 aromatic carbocycles. The molecular formula is C15H12BrF2NO. The molecule has 1 aliphatic rings. The minimum atomic E-state index is -0.589. The maximum Gasteiger partial charge on any atom is 0.128 e. The average Bonchev–Trinajstić information content (AvgIpc) is 2.38. The van der Waals surface area contributed by atoms with Crippen molar-refractivity contribution in [3.05, 3.63) is 58.1 Å². The van der Waals surface area contributed by atoms with Crippen LogP contribution < -0.4 is 10.1 Å². The Labute approximate surface area is 123 Å². The minimum absolute atomic E-state index is 0.0301. The van der Waals surface area contributed by atoms with Gasteiger partial charge in [0.1, 0.15) is 17.4 Å². The monoisotopic (exact) mass is 339 g/mol. The summed E-state index contributed by atoms with van der Waals surface area (Å²) < 4.78 is 33.0. The van der Waals surface area contributed by atoms with Crippen LogP contribution in [0.5, 0.6) is 5.75 Å². The lowest BCUT2D eigenvalue weighted by atomic mass is 10.0. The molecule has 0 saturated heterocycles. The van der Waals surface area contributed by atoms with Gasteiger partial charge < -0.3 is 10.1 Å². The highest BCUT2D eigenvalue weighted by Gasteiger charge is 2.21. The maximum absolute atomic E-state index is 13.2. The van der Waals surface area contributed by atoms with Crippen LogP contribution in [0.4, 0.5) is 14.5 Å². The summed E-state index contributed by atoms with van der Waals surface area (Å²) in [6.07, 6.45) is 0.738. The highest BCUT2D eigenvalue weighted by Crippen LogP contribution is 2.36. The zero-order chi connectivity index (χ0) is 14.1. The van der Waals surface area contributed by atoms with Crippen molar-refractivity contribution in [1.82, 2.24) is 0 Å². The van der Waals surface area contributed by atoms with Crippen molar-refractivity contribution in [2.75, 3.05) is 11.9 Å². The zero-order valence-electron chi connectivity index (χ0n) is 10.5. The molecule has 1 atom stereocenters. The van der Waals surface area contributed by atoms with Crippen molar-refractivity contribution < 1.29 is 13.5 Å². The van der Waals surface area contributed by atoms with Gasteiger partial charge in [-0.25, -0.2) is 8.78 Å². The molecule has 2 aromatic rings. The number of hydrogen-bond acceptors (Lipinski definition) is 2. The van der Waals surface area contributed by atoms with Crippen LogP contribution >= 0.6 is 15.9 Å². The van der Waals surface area contributed by atoms with Crippen LogP contribution in [-0.4, -0.2) is 6.61 Å². The van der Waals surface area contributed by atoms with Gasteiger partial charge in [0.15, 0.2) is 0 Å². The number of hydrogen-bond donors (Lipinski definition) is 1. The van der Waals surface area contributed by atoms with Crippen molar-refractivity contribution in [1.29, 1.82) is 0 Å². The van der Waals surface area contributed by atoms with Gasteiger partial charge in [-0.3, -0.25) is 0 Å². The van der Waals surface area contributed by atoms with Gasteiger partial charge in [0, 0.05) is 28.2 Å². The molecule has 0 spiro atoms. The number of rotatable bonds is 2. The SMILES string of the molecule is Fc1cc(F)cc(NC2CCOc3ccc(Br)cc32)c1. The molecule has 0 aromatic heterocycles. The molecule has 5 heteroatoms. The molecule has 104 valence electrons. The van der Waals surface area contributed by atoms with Crippen LogP contribution in [0.15, 0.2) is 40.9 Å². The smallest absolute Gasteiger partial charge is 0.128 e. The Bertz CT molecular complexity index is 628. The number of fused-ring (bicyclic) bond motifs is 1. The van der Waals surface area contributed by atoms with E-state index < -0.39 is 11.6 Å². The van der Waals surface area contributed by atoms with E-state index in [1.165, 1.54) is 12.1 Å². The van der Waals surface area contributed by atoms with E-state index in [1.54, 1.807) is 0 Å². The van der Waals surface area contributed by atoms with E-state index in [0.29, 0.717) is 12.3 Å². The number of ether oxygens (including phenoxy) is 1. The Balaban J connectivity index is 1.91. The molecule has 0 bridgehead atoms. The van der Waals surface area contributed by atoms with Crippen molar-refractivity contribution in [2.24, 2.45) is 0 Å². The Morgan fingerprint density at radius 2 is 1.85 bits per heavy atom. The van der Waals surface area contributed by atoms with Crippen LogP contribution in [-0.2, 0) is 0 Å². The third kappa shape index (κ3) is 2.77. The van der Waals surface area contributed by atoms with Crippen molar-refractivity contribution in [2.45, 2.75) is 12.5 Å². The number of benzene rings is 2. The van der Waals surface area contributed by atoms with E-state index in [4.69, 9.17) is 4.74 Å². The molecular weight excluding hydrogens is 328 g/mol. The normalized spacial score (nSPS) is 17.2. The van der Waals surface area contributed by atoms with Crippen LogP contribution in [0.1, 0.15) is 18.0 Å². The fourth-order valence-electron chi connectivity index (χ4n) is 2.35. The molecule has 20 heavy (non-hydrogen) atoms. The maximum atomic E-state index is 13.2. The predicted molar refractivity (Wildman–Crippen MR) is 77.0 cm³/mol. The standard InChI is InChI=1S/C15H12BrF2NO/c16-9-1-2-15-13(5-9)14(3-4-20-15)19-12-7-10(17)6-11(18)8-12/h1-2,5-8,14,19H,3-4H2. The van der Waals surface area contributed by atoms with E-state index in [1.807, 2.05) is 18.2 Å². The van der Waals surface area contributed by atoms with Gasteiger partial charge in [-0.05, 0) is 30.3 Å². The van der Waals surface area contributed by atoms with Gasteiger partial charge in [-0.2, -0.15) is 0 Å². The molecule has 0 amide bonds. The molecule has 2 nitrogen and oxygen atoms in total. The van der Waals surface area contributed by atoms with Gasteiger partial charge in [0.05, 0.1) is 12.6 Å². The number of halogens is 3. The summed E-state index contributed by atoms with van der Waals surface area (Å²) >= 11 is 3.42. The second kappa shape index (κ2) is 5.40. The first-order valence-electron chi connectivity index (χ1n) is 6.27. The van der Waals surface area contributed by atoms with E-state index in [9.17, 15) is 8.78 Å². The second-order valence-electron chi connectivity index (χ2n) is 4.67. The first-order valence-corrected chi connectivity index (χ1v) is 7.06. The lowest BCUT2D eigenvalue weighted by molar-refractivity contribution is 0.274. The first-order chi connectivity index (χ1) is 9.61. The summed E-state index contributed by atoms with van der Waals surface area (Å²) in [5.41, 5.74) is 1.41. The van der Waals surface area contributed by atoms with E-state index in [0.717, 1.165) is 28.3 Å². The third-order valence-electron chi connectivity index (χ3n) is 3.21. The Kier molecular flexibility index (Phi) is 3.61. The fourth-order valence-corrected chi connectivity index (χ4v) is 2.73. The molecule has 1 heterocycles. The molecule has 0 fully saturated rings. The number of anilines is 1. The summed E-state index contributed by atoms with van der Waals surface area (Å²) in [6.45, 7) is 0.574. The summed E-state index contributed by atoms with van der Waals surface area (Å²) in [6, 6.07) is 9.16. The molecule has 0 aliphatic carbocycles. The first kappa shape index (κ1) is 13.4. The second-order valence-corrected chi connectivity index (χ2v) is 5.59. The lowest BCUT2D eigenvalue weighted by Gasteiger charge is -2.27. The Morgan fingerprint density at radius 3 is 2.60 bits per heavy atom. The van der Waals surface area contributed by atoms with E-state index in [2.05, 4.69) is 21.2 Å². The zero-order valence-corrected chi connectivity index (χ0v) is 12.1. The molecule has 1 unspecified atom stereocenters. The van der Waals surface area contributed by atoms with Crippen LogP contribution in [0.3, 0.4) is 0 Å². The summed E-state index contributed by atoms with van der Waals surface area (Å²) in [5.74, 6) is -0.378. The van der Waals surface area contributed by atoms with Crippen molar-refractivity contribution >= 4 is 21.6 Å². The molecule has 0 radical (unpaired) electrons. The van der Waals surface area contributed by atoms with Crippen LogP contribution in [0.25, 0.3) is 0 Å². The lowest BCUT2D eigenvalue weighted by Crippen LogP contribution is -2.20. The predicted octanol–water partition coefficient (Wildman–Crippen LogP) is 4.66. The summed E-state index contributed by atoms with van der Waals surface area (Å²) in [4.78, 5) is 0. The van der Waals surface area contributed by atoms with E-state index in [-0.39, 0.29) is 6.04 Å². The molecule has 0 saturated carbocycles. The van der Waals surface area contributed by atoms with Crippen molar-refractivity contribution in [3.63, 3.8) is 0 Å². The molecule has 1 N–H and O–H groups in total.